The van der Waals surface area contributed by atoms with E-state index in [9.17, 15) is 4.79 Å². The molecule has 3 nitrogen and oxygen atoms in total. The van der Waals surface area contributed by atoms with Crippen molar-refractivity contribution in [3.63, 3.8) is 0 Å². The SMILES string of the molecule is C=C(C)C(=O)NCCCCCCCCCCCCCCN(C)C. The van der Waals surface area contributed by atoms with Crippen LogP contribution in [0.5, 0.6) is 0 Å². The van der Waals surface area contributed by atoms with E-state index in [4.69, 9.17) is 0 Å². The van der Waals surface area contributed by atoms with Crippen LogP contribution in [0, 0.1) is 0 Å². The van der Waals surface area contributed by atoms with E-state index in [2.05, 4.69) is 30.9 Å². The molecule has 0 spiro atoms. The number of amides is 1. The van der Waals surface area contributed by atoms with Gasteiger partial charge in [-0.15, -0.1) is 0 Å². The highest BCUT2D eigenvalue weighted by Crippen LogP contribution is 2.11. The Balaban J connectivity index is 3.08. The Bertz CT molecular complexity index is 300. The Morgan fingerprint density at radius 3 is 1.57 bits per heavy atom. The van der Waals surface area contributed by atoms with Crippen molar-refractivity contribution < 1.29 is 4.79 Å². The van der Waals surface area contributed by atoms with Crippen LogP contribution in [0.15, 0.2) is 12.2 Å². The molecule has 0 fully saturated rings. The Morgan fingerprint density at radius 1 is 0.783 bits per heavy atom. The molecule has 0 aliphatic heterocycles. The third-order valence-corrected chi connectivity index (χ3v) is 4.21. The van der Waals surface area contributed by atoms with Gasteiger partial charge in [0.1, 0.15) is 0 Å². The summed E-state index contributed by atoms with van der Waals surface area (Å²) in [6.07, 6.45) is 16.1. The second-order valence-corrected chi connectivity index (χ2v) is 7.08. The van der Waals surface area contributed by atoms with Crippen LogP contribution in [0.3, 0.4) is 0 Å². The van der Waals surface area contributed by atoms with Gasteiger partial charge in [0, 0.05) is 12.1 Å². The predicted octanol–water partition coefficient (Wildman–Crippen LogP) is 4.92. The summed E-state index contributed by atoms with van der Waals surface area (Å²) in [4.78, 5) is 13.6. The maximum Gasteiger partial charge on any atom is 0.246 e. The van der Waals surface area contributed by atoms with Crippen molar-refractivity contribution in [1.29, 1.82) is 0 Å². The third kappa shape index (κ3) is 17.4. The van der Waals surface area contributed by atoms with E-state index < -0.39 is 0 Å². The number of hydrogen-bond acceptors (Lipinski definition) is 2. The first-order valence-electron chi connectivity index (χ1n) is 9.62. The average Bonchev–Trinajstić information content (AvgIpc) is 2.50. The van der Waals surface area contributed by atoms with Crippen LogP contribution in [-0.4, -0.2) is 38.0 Å². The minimum absolute atomic E-state index is 0.00767. The van der Waals surface area contributed by atoms with Gasteiger partial charge < -0.3 is 10.2 Å². The number of hydrogen-bond donors (Lipinski definition) is 1. The molecule has 0 aromatic carbocycles. The molecule has 0 saturated carbocycles. The zero-order valence-electron chi connectivity index (χ0n) is 16.0. The summed E-state index contributed by atoms with van der Waals surface area (Å²) >= 11 is 0. The second-order valence-electron chi connectivity index (χ2n) is 7.08. The summed E-state index contributed by atoms with van der Waals surface area (Å²) in [5, 5.41) is 2.89. The molecular formula is C20H40N2O. The quantitative estimate of drug-likeness (QED) is 0.323. The fourth-order valence-electron chi connectivity index (χ4n) is 2.67. The van der Waals surface area contributed by atoms with Crippen LogP contribution < -0.4 is 5.32 Å². The number of nitrogens with zero attached hydrogens (tertiary/aromatic N) is 1. The first kappa shape index (κ1) is 22.2. The molecule has 136 valence electrons. The van der Waals surface area contributed by atoms with Crippen LogP contribution in [0.2, 0.25) is 0 Å². The maximum atomic E-state index is 11.3. The van der Waals surface area contributed by atoms with Crippen molar-refractivity contribution in [3.05, 3.63) is 12.2 Å². The average molecular weight is 325 g/mol. The molecule has 0 aromatic heterocycles. The number of carbonyl (C=O) groups excluding carboxylic acids is 1. The lowest BCUT2D eigenvalue weighted by molar-refractivity contribution is -0.117. The van der Waals surface area contributed by atoms with Crippen molar-refractivity contribution in [2.75, 3.05) is 27.2 Å². The van der Waals surface area contributed by atoms with Crippen LogP contribution in [0.1, 0.15) is 84.0 Å². The minimum Gasteiger partial charge on any atom is -0.352 e. The highest BCUT2D eigenvalue weighted by atomic mass is 16.1. The normalized spacial score (nSPS) is 11.0. The van der Waals surface area contributed by atoms with E-state index in [1.54, 1.807) is 6.92 Å². The molecular weight excluding hydrogens is 284 g/mol. The summed E-state index contributed by atoms with van der Waals surface area (Å²) in [5.41, 5.74) is 0.600. The minimum atomic E-state index is -0.00767. The molecule has 0 heterocycles. The fourth-order valence-corrected chi connectivity index (χ4v) is 2.67. The van der Waals surface area contributed by atoms with Gasteiger partial charge in [-0.25, -0.2) is 0 Å². The van der Waals surface area contributed by atoms with Gasteiger partial charge in [0.25, 0.3) is 0 Å². The Kier molecular flexibility index (Phi) is 15.5. The fraction of sp³-hybridized carbons (Fsp3) is 0.850. The van der Waals surface area contributed by atoms with E-state index in [1.165, 1.54) is 77.2 Å². The second kappa shape index (κ2) is 16.0. The van der Waals surface area contributed by atoms with E-state index in [0.717, 1.165) is 13.0 Å². The molecule has 0 bridgehead atoms. The molecule has 0 radical (unpaired) electrons. The molecule has 0 rings (SSSR count). The highest BCUT2D eigenvalue weighted by Gasteiger charge is 1.99. The lowest BCUT2D eigenvalue weighted by atomic mass is 10.1. The lowest BCUT2D eigenvalue weighted by Gasteiger charge is -2.08. The number of nitrogens with one attached hydrogen (secondary N) is 1. The molecule has 0 aromatic rings. The smallest absolute Gasteiger partial charge is 0.246 e. The van der Waals surface area contributed by atoms with Crippen molar-refractivity contribution in [3.8, 4) is 0 Å². The van der Waals surface area contributed by atoms with Gasteiger partial charge in [-0.2, -0.15) is 0 Å². The Morgan fingerprint density at radius 2 is 1.17 bits per heavy atom. The van der Waals surface area contributed by atoms with Gasteiger partial charge in [0.2, 0.25) is 5.91 Å². The van der Waals surface area contributed by atoms with Crippen molar-refractivity contribution in [1.82, 2.24) is 10.2 Å². The predicted molar refractivity (Wildman–Crippen MR) is 102 cm³/mol. The largest absolute Gasteiger partial charge is 0.352 e. The summed E-state index contributed by atoms with van der Waals surface area (Å²) < 4.78 is 0. The summed E-state index contributed by atoms with van der Waals surface area (Å²) in [6.45, 7) is 7.41. The van der Waals surface area contributed by atoms with Crippen molar-refractivity contribution >= 4 is 5.91 Å². The Labute approximate surface area is 144 Å². The lowest BCUT2D eigenvalue weighted by Crippen LogP contribution is -2.24. The molecule has 0 saturated heterocycles. The van der Waals surface area contributed by atoms with Gasteiger partial charge in [-0.1, -0.05) is 70.8 Å². The van der Waals surface area contributed by atoms with Gasteiger partial charge in [0.05, 0.1) is 0 Å². The standard InChI is InChI=1S/C20H40N2O/c1-19(2)20(23)21-17-15-13-11-9-7-5-6-8-10-12-14-16-18-22(3)4/h1,5-18H2,2-4H3,(H,21,23). The maximum absolute atomic E-state index is 11.3. The van der Waals surface area contributed by atoms with Crippen molar-refractivity contribution in [2.24, 2.45) is 0 Å². The molecule has 23 heavy (non-hydrogen) atoms. The zero-order valence-corrected chi connectivity index (χ0v) is 16.0. The molecule has 0 aliphatic carbocycles. The first-order chi connectivity index (χ1) is 11.0. The molecule has 0 atom stereocenters. The van der Waals surface area contributed by atoms with Crippen LogP contribution in [0.4, 0.5) is 0 Å². The van der Waals surface area contributed by atoms with Gasteiger partial charge >= 0.3 is 0 Å². The molecule has 0 aliphatic rings. The highest BCUT2D eigenvalue weighted by molar-refractivity contribution is 5.91. The van der Waals surface area contributed by atoms with Gasteiger partial charge in [-0.3, -0.25) is 4.79 Å². The van der Waals surface area contributed by atoms with Crippen LogP contribution in [0.25, 0.3) is 0 Å². The van der Waals surface area contributed by atoms with Crippen LogP contribution in [-0.2, 0) is 4.79 Å². The van der Waals surface area contributed by atoms with Gasteiger partial charge in [0.15, 0.2) is 0 Å². The number of carbonyl (C=O) groups is 1. The van der Waals surface area contributed by atoms with E-state index in [1.807, 2.05) is 0 Å². The number of unbranched alkanes of at least 4 members (excludes halogenated alkanes) is 11. The molecule has 3 heteroatoms. The van der Waals surface area contributed by atoms with Crippen molar-refractivity contribution in [2.45, 2.75) is 84.0 Å². The molecule has 1 N–H and O–H groups in total. The molecule has 0 unspecified atom stereocenters. The first-order valence-corrected chi connectivity index (χ1v) is 9.62. The molecule has 1 amide bonds. The zero-order chi connectivity index (χ0) is 17.3. The summed E-state index contributed by atoms with van der Waals surface area (Å²) in [7, 11) is 4.30. The van der Waals surface area contributed by atoms with E-state index in [0.29, 0.717) is 5.57 Å². The summed E-state index contributed by atoms with van der Waals surface area (Å²) in [5.74, 6) is -0.00767. The van der Waals surface area contributed by atoms with Crippen LogP contribution >= 0.6 is 0 Å². The van der Waals surface area contributed by atoms with E-state index >= 15 is 0 Å². The Hall–Kier alpha value is -0.830. The summed E-state index contributed by atoms with van der Waals surface area (Å²) in [6, 6.07) is 0. The van der Waals surface area contributed by atoms with Gasteiger partial charge in [-0.05, 0) is 40.4 Å². The number of rotatable bonds is 16. The van der Waals surface area contributed by atoms with E-state index in [-0.39, 0.29) is 5.91 Å². The topological polar surface area (TPSA) is 32.3 Å². The third-order valence-electron chi connectivity index (χ3n) is 4.21. The monoisotopic (exact) mass is 324 g/mol.